The molecule has 18 heavy (non-hydrogen) atoms. The molecule has 0 saturated carbocycles. The van der Waals surface area contributed by atoms with E-state index in [1.54, 1.807) is 16.7 Å². The second-order valence-electron chi connectivity index (χ2n) is 5.58. The minimum absolute atomic E-state index is 0.210. The second kappa shape index (κ2) is 5.81. The van der Waals surface area contributed by atoms with Crippen molar-refractivity contribution in [1.29, 1.82) is 0 Å². The normalized spacial score (nSPS) is 26.4. The zero-order valence-electron chi connectivity index (χ0n) is 11.3. The lowest BCUT2D eigenvalue weighted by Gasteiger charge is -2.28. The molecule has 0 radical (unpaired) electrons. The van der Waals surface area contributed by atoms with Gasteiger partial charge in [-0.15, -0.1) is 0 Å². The summed E-state index contributed by atoms with van der Waals surface area (Å²) in [4.78, 5) is 0. The van der Waals surface area contributed by atoms with E-state index in [4.69, 9.17) is 0 Å². The number of hydrogen-bond donors (Lipinski definition) is 0. The lowest BCUT2D eigenvalue weighted by atomic mass is 9.77. The van der Waals surface area contributed by atoms with E-state index < -0.39 is 0 Å². The van der Waals surface area contributed by atoms with Gasteiger partial charge in [0.1, 0.15) is 0 Å². The van der Waals surface area contributed by atoms with E-state index in [2.05, 4.69) is 88.3 Å². The van der Waals surface area contributed by atoms with Crippen LogP contribution in [0, 0.1) is 11.3 Å². The van der Waals surface area contributed by atoms with Crippen molar-refractivity contribution < 1.29 is 0 Å². The molecule has 0 aromatic heterocycles. The molecule has 0 amide bonds. The molecule has 1 atom stereocenters. The van der Waals surface area contributed by atoms with E-state index in [-0.39, 0.29) is 5.41 Å². The molecular weight excluding hydrogens is 446 g/mol. The zero-order chi connectivity index (χ0) is 13.3. The molecule has 0 spiro atoms. The van der Waals surface area contributed by atoms with Crippen molar-refractivity contribution in [3.63, 3.8) is 0 Å². The average Bonchev–Trinajstić information content (AvgIpc) is 2.52. The van der Waals surface area contributed by atoms with Gasteiger partial charge >= 0.3 is 0 Å². The smallest absolute Gasteiger partial charge is 0.0115 e. The van der Waals surface area contributed by atoms with Crippen molar-refractivity contribution in [3.05, 3.63) is 42.6 Å². The summed E-state index contributed by atoms with van der Waals surface area (Å²) in [5, 5.41) is 0. The third kappa shape index (κ3) is 2.51. The average molecular weight is 466 g/mol. The molecule has 0 aromatic rings. The van der Waals surface area contributed by atoms with Gasteiger partial charge in [-0.2, -0.15) is 0 Å². The highest BCUT2D eigenvalue weighted by Gasteiger charge is 2.42. The molecule has 0 bridgehead atoms. The third-order valence-corrected chi connectivity index (χ3v) is 5.24. The van der Waals surface area contributed by atoms with Crippen molar-refractivity contribution in [2.45, 2.75) is 40.0 Å². The Bertz CT molecular complexity index is 461. The number of fused-ring (bicyclic) bond motifs is 1. The monoisotopic (exact) mass is 466 g/mol. The fourth-order valence-electron chi connectivity index (χ4n) is 3.31. The first-order valence-corrected chi connectivity index (χ1v) is 8.92. The largest absolute Gasteiger partial charge is 0.0702 e. The molecule has 2 rings (SSSR count). The molecule has 2 aliphatic carbocycles. The van der Waals surface area contributed by atoms with Crippen LogP contribution in [-0.4, -0.2) is 0 Å². The molecule has 2 heteroatoms. The maximum atomic E-state index is 2.45. The summed E-state index contributed by atoms with van der Waals surface area (Å²) in [6.45, 7) is 7.06. The van der Waals surface area contributed by atoms with Crippen molar-refractivity contribution in [1.82, 2.24) is 0 Å². The fraction of sp³-hybridized carbons (Fsp3) is 0.500. The Balaban J connectivity index is 2.52. The van der Waals surface area contributed by atoms with E-state index in [9.17, 15) is 0 Å². The molecule has 0 aliphatic heterocycles. The van der Waals surface area contributed by atoms with Gasteiger partial charge in [0.2, 0.25) is 0 Å². The Labute approximate surface area is 138 Å². The highest BCUT2D eigenvalue weighted by atomic mass is 127. The van der Waals surface area contributed by atoms with Gasteiger partial charge in [0.25, 0.3) is 0 Å². The summed E-state index contributed by atoms with van der Waals surface area (Å²) in [5.41, 5.74) is 5.08. The van der Waals surface area contributed by atoms with Crippen LogP contribution in [0.15, 0.2) is 42.6 Å². The Kier molecular flexibility index (Phi) is 4.79. The Morgan fingerprint density at radius 3 is 2.78 bits per heavy atom. The number of halogens is 2. The molecule has 98 valence electrons. The summed E-state index contributed by atoms with van der Waals surface area (Å²) < 4.78 is 3.57. The zero-order valence-corrected chi connectivity index (χ0v) is 15.6. The lowest BCUT2D eigenvalue weighted by molar-refractivity contribution is 0.527. The Hall–Kier alpha value is 0.420. The first-order valence-electron chi connectivity index (χ1n) is 6.60. The quantitative estimate of drug-likeness (QED) is 0.427. The predicted molar refractivity (Wildman–Crippen MR) is 97.2 cm³/mol. The number of hydrogen-bond acceptors (Lipinski definition) is 0. The van der Waals surface area contributed by atoms with Gasteiger partial charge < -0.3 is 0 Å². The molecule has 0 N–H and O–H groups in total. The molecule has 0 saturated heterocycles. The van der Waals surface area contributed by atoms with Gasteiger partial charge in [0.15, 0.2) is 0 Å². The van der Waals surface area contributed by atoms with Crippen LogP contribution in [0.1, 0.15) is 40.0 Å². The summed E-state index contributed by atoms with van der Waals surface area (Å²) in [5.74, 6) is 0.668. The van der Waals surface area contributed by atoms with E-state index in [1.165, 1.54) is 22.8 Å². The third-order valence-electron chi connectivity index (χ3n) is 4.13. The van der Waals surface area contributed by atoms with Crippen LogP contribution in [0.5, 0.6) is 0 Å². The van der Waals surface area contributed by atoms with Gasteiger partial charge in [-0.25, -0.2) is 0 Å². The predicted octanol–water partition coefficient (Wildman–Crippen LogP) is 6.34. The molecule has 0 nitrogen and oxygen atoms in total. The first-order chi connectivity index (χ1) is 8.52. The second-order valence-corrected chi connectivity index (χ2v) is 7.55. The first kappa shape index (κ1) is 14.8. The van der Waals surface area contributed by atoms with Crippen LogP contribution in [0.2, 0.25) is 0 Å². The molecule has 2 aliphatic rings. The van der Waals surface area contributed by atoms with Crippen LogP contribution in [0.25, 0.3) is 0 Å². The van der Waals surface area contributed by atoms with Gasteiger partial charge in [0.05, 0.1) is 0 Å². The van der Waals surface area contributed by atoms with Crippen LogP contribution in [0.3, 0.4) is 0 Å². The van der Waals surface area contributed by atoms with Crippen molar-refractivity contribution in [2.24, 2.45) is 11.3 Å². The minimum atomic E-state index is 0.210. The summed E-state index contributed by atoms with van der Waals surface area (Å²) >= 11 is 4.79. The highest BCUT2D eigenvalue weighted by Crippen LogP contribution is 2.55. The fourth-order valence-corrected chi connectivity index (χ4v) is 4.26. The molecule has 0 aromatic carbocycles. The maximum absolute atomic E-state index is 2.45. The highest BCUT2D eigenvalue weighted by molar-refractivity contribution is 14.1. The van der Waals surface area contributed by atoms with Gasteiger partial charge in [0, 0.05) is 14.9 Å². The van der Waals surface area contributed by atoms with Crippen molar-refractivity contribution in [2.75, 3.05) is 0 Å². The van der Waals surface area contributed by atoms with Crippen LogP contribution < -0.4 is 0 Å². The molecule has 1 unspecified atom stereocenters. The Morgan fingerprint density at radius 2 is 2.17 bits per heavy atom. The minimum Gasteiger partial charge on any atom is -0.0702 e. The standard InChI is InChI=1S/C16H20I2/c1-4-5-12-13-7-6-11(18)10-15(13)16(2,3)14(12)8-9-17/h6,8-10,13H,4-5,7H2,1-3H3/b9-8+. The van der Waals surface area contributed by atoms with Crippen molar-refractivity contribution in [3.8, 4) is 0 Å². The van der Waals surface area contributed by atoms with Gasteiger partial charge in [-0.3, -0.25) is 0 Å². The Morgan fingerprint density at radius 1 is 1.44 bits per heavy atom. The van der Waals surface area contributed by atoms with Crippen LogP contribution in [-0.2, 0) is 0 Å². The number of allylic oxidation sites excluding steroid dienone is 7. The van der Waals surface area contributed by atoms with Crippen LogP contribution in [0.4, 0.5) is 0 Å². The molecule has 0 fully saturated rings. The van der Waals surface area contributed by atoms with E-state index in [1.807, 2.05) is 0 Å². The lowest BCUT2D eigenvalue weighted by Crippen LogP contribution is -2.16. The van der Waals surface area contributed by atoms with Gasteiger partial charge in [-0.1, -0.05) is 73.1 Å². The SMILES string of the molecule is CCCC1=C(/C=C/I)C(C)(C)C2=CC(I)=CCC21. The van der Waals surface area contributed by atoms with E-state index >= 15 is 0 Å². The van der Waals surface area contributed by atoms with E-state index in [0.29, 0.717) is 5.92 Å². The summed E-state index contributed by atoms with van der Waals surface area (Å²) in [6.07, 6.45) is 10.8. The molecule has 0 heterocycles. The molecular formula is C16H20I2. The van der Waals surface area contributed by atoms with Gasteiger partial charge in [-0.05, 0) is 51.2 Å². The van der Waals surface area contributed by atoms with Crippen LogP contribution >= 0.6 is 45.2 Å². The topological polar surface area (TPSA) is 0 Å². The summed E-state index contributed by atoms with van der Waals surface area (Å²) in [6, 6.07) is 0. The summed E-state index contributed by atoms with van der Waals surface area (Å²) in [7, 11) is 0. The van der Waals surface area contributed by atoms with Crippen molar-refractivity contribution >= 4 is 45.2 Å². The number of rotatable bonds is 3. The maximum Gasteiger partial charge on any atom is 0.0115 e. The van der Waals surface area contributed by atoms with E-state index in [0.717, 1.165) is 0 Å².